The maximum absolute atomic E-state index is 12.6. The van der Waals surface area contributed by atoms with E-state index >= 15 is 0 Å². The largest absolute Gasteiger partial charge is 0.396 e. The van der Waals surface area contributed by atoms with Crippen molar-refractivity contribution in [3.05, 3.63) is 53.6 Å². The molecule has 1 aliphatic heterocycles. The standard InChI is InChI=1S/C22H25N3O3/c1-15-3-2-4-18-19(15)20(25-24-18)16-5-7-17(8-6-16)21(27)23-13-22(14-26)9-11-28-12-10-22/h2-8,26H,9-14H2,1H3,(H,23,27)(H,24,25). The number of amides is 1. The van der Waals surface area contributed by atoms with Crippen molar-refractivity contribution >= 4 is 16.8 Å². The summed E-state index contributed by atoms with van der Waals surface area (Å²) in [4.78, 5) is 12.6. The van der Waals surface area contributed by atoms with E-state index < -0.39 is 0 Å². The van der Waals surface area contributed by atoms with Crippen molar-refractivity contribution < 1.29 is 14.6 Å². The topological polar surface area (TPSA) is 87.2 Å². The first-order valence-corrected chi connectivity index (χ1v) is 9.63. The highest BCUT2D eigenvalue weighted by Crippen LogP contribution is 2.30. The van der Waals surface area contributed by atoms with Crippen LogP contribution in [-0.4, -0.2) is 47.6 Å². The van der Waals surface area contributed by atoms with E-state index in [9.17, 15) is 9.90 Å². The number of aromatic nitrogens is 2. The molecule has 6 heteroatoms. The number of ether oxygens (including phenoxy) is 1. The molecule has 1 amide bonds. The number of rotatable bonds is 5. The van der Waals surface area contributed by atoms with Gasteiger partial charge in [-0.05, 0) is 43.5 Å². The number of aryl methyl sites for hydroxylation is 1. The van der Waals surface area contributed by atoms with E-state index in [1.807, 2.05) is 36.4 Å². The Hall–Kier alpha value is -2.70. The average molecular weight is 379 g/mol. The van der Waals surface area contributed by atoms with Crippen molar-refractivity contribution in [1.82, 2.24) is 15.5 Å². The molecular formula is C22H25N3O3. The van der Waals surface area contributed by atoms with Crippen LogP contribution in [0.25, 0.3) is 22.2 Å². The Bertz CT molecular complexity index is 972. The molecule has 146 valence electrons. The highest BCUT2D eigenvalue weighted by atomic mass is 16.5. The molecule has 0 aliphatic carbocycles. The fourth-order valence-electron chi connectivity index (χ4n) is 3.80. The van der Waals surface area contributed by atoms with Gasteiger partial charge in [0.25, 0.3) is 5.91 Å². The van der Waals surface area contributed by atoms with Gasteiger partial charge < -0.3 is 15.2 Å². The third-order valence-electron chi connectivity index (χ3n) is 5.73. The molecule has 4 rings (SSSR count). The van der Waals surface area contributed by atoms with E-state index in [-0.39, 0.29) is 17.9 Å². The lowest BCUT2D eigenvalue weighted by Gasteiger charge is -2.35. The van der Waals surface area contributed by atoms with Gasteiger partial charge in [-0.3, -0.25) is 9.89 Å². The zero-order valence-corrected chi connectivity index (χ0v) is 16.0. The highest BCUT2D eigenvalue weighted by molar-refractivity contribution is 5.97. The van der Waals surface area contributed by atoms with Crippen LogP contribution in [0.3, 0.4) is 0 Å². The maximum Gasteiger partial charge on any atom is 0.251 e. The predicted molar refractivity (Wildman–Crippen MR) is 108 cm³/mol. The number of hydrogen-bond donors (Lipinski definition) is 3. The Balaban J connectivity index is 1.49. The lowest BCUT2D eigenvalue weighted by molar-refractivity contribution is -0.0146. The molecule has 3 aromatic rings. The van der Waals surface area contributed by atoms with E-state index in [4.69, 9.17) is 4.74 Å². The number of benzene rings is 2. The van der Waals surface area contributed by atoms with Crippen molar-refractivity contribution in [1.29, 1.82) is 0 Å². The fraction of sp³-hybridized carbons (Fsp3) is 0.364. The summed E-state index contributed by atoms with van der Waals surface area (Å²) in [5.41, 5.74) is 4.34. The van der Waals surface area contributed by atoms with Gasteiger partial charge in [0.15, 0.2) is 0 Å². The molecule has 0 radical (unpaired) electrons. The van der Waals surface area contributed by atoms with Crippen molar-refractivity contribution in [3.63, 3.8) is 0 Å². The number of hydrogen-bond acceptors (Lipinski definition) is 4. The Morgan fingerprint density at radius 2 is 1.96 bits per heavy atom. The lowest BCUT2D eigenvalue weighted by atomic mass is 9.81. The Kier molecular flexibility index (Phi) is 5.15. The van der Waals surface area contributed by atoms with E-state index in [0.717, 1.165) is 40.6 Å². The molecule has 1 fully saturated rings. The van der Waals surface area contributed by atoms with Gasteiger partial charge in [0.2, 0.25) is 0 Å². The second-order valence-electron chi connectivity index (χ2n) is 7.60. The summed E-state index contributed by atoms with van der Waals surface area (Å²) < 4.78 is 5.37. The van der Waals surface area contributed by atoms with Crippen molar-refractivity contribution in [2.75, 3.05) is 26.4 Å². The molecule has 1 aromatic heterocycles. The number of aliphatic hydroxyl groups is 1. The monoisotopic (exact) mass is 379 g/mol. The predicted octanol–water partition coefficient (Wildman–Crippen LogP) is 3.06. The molecule has 0 saturated carbocycles. The summed E-state index contributed by atoms with van der Waals surface area (Å²) in [6, 6.07) is 13.6. The SMILES string of the molecule is Cc1cccc2[nH]nc(-c3ccc(C(=O)NCC4(CO)CCOCC4)cc3)c12. The van der Waals surface area contributed by atoms with Gasteiger partial charge in [-0.25, -0.2) is 0 Å². The number of fused-ring (bicyclic) bond motifs is 1. The van der Waals surface area contributed by atoms with Crippen LogP contribution in [0.1, 0.15) is 28.8 Å². The van der Waals surface area contributed by atoms with E-state index in [0.29, 0.717) is 25.3 Å². The number of H-pyrrole nitrogens is 1. The van der Waals surface area contributed by atoms with Crippen LogP contribution in [0.5, 0.6) is 0 Å². The van der Waals surface area contributed by atoms with Gasteiger partial charge in [0, 0.05) is 41.7 Å². The van der Waals surface area contributed by atoms with E-state index in [2.05, 4.69) is 28.5 Å². The molecule has 3 N–H and O–H groups in total. The third kappa shape index (κ3) is 3.53. The third-order valence-corrected chi connectivity index (χ3v) is 5.73. The molecular weight excluding hydrogens is 354 g/mol. The normalized spacial score (nSPS) is 16.2. The summed E-state index contributed by atoms with van der Waals surface area (Å²) in [5, 5.41) is 21.4. The van der Waals surface area contributed by atoms with Crippen LogP contribution < -0.4 is 5.32 Å². The molecule has 0 bridgehead atoms. The Morgan fingerprint density at radius 3 is 2.68 bits per heavy atom. The minimum atomic E-state index is -0.278. The highest BCUT2D eigenvalue weighted by Gasteiger charge is 2.32. The number of nitrogens with one attached hydrogen (secondary N) is 2. The molecule has 28 heavy (non-hydrogen) atoms. The van der Waals surface area contributed by atoms with Gasteiger partial charge in [0.05, 0.1) is 12.1 Å². The molecule has 2 aromatic carbocycles. The van der Waals surface area contributed by atoms with E-state index in [1.54, 1.807) is 0 Å². The second-order valence-corrected chi connectivity index (χ2v) is 7.60. The molecule has 1 saturated heterocycles. The second kappa shape index (κ2) is 7.73. The molecule has 0 atom stereocenters. The average Bonchev–Trinajstić information content (AvgIpc) is 3.18. The zero-order chi connectivity index (χ0) is 19.6. The first-order chi connectivity index (χ1) is 13.6. The van der Waals surface area contributed by atoms with Gasteiger partial charge in [-0.1, -0.05) is 24.3 Å². The van der Waals surface area contributed by atoms with Crippen LogP contribution >= 0.6 is 0 Å². The summed E-state index contributed by atoms with van der Waals surface area (Å²) >= 11 is 0. The van der Waals surface area contributed by atoms with Crippen LogP contribution in [0.4, 0.5) is 0 Å². The number of aromatic amines is 1. The summed E-state index contributed by atoms with van der Waals surface area (Å²) in [6.45, 7) is 3.83. The minimum Gasteiger partial charge on any atom is -0.396 e. The lowest BCUT2D eigenvalue weighted by Crippen LogP contribution is -2.43. The number of carbonyl (C=O) groups is 1. The first-order valence-electron chi connectivity index (χ1n) is 9.63. The minimum absolute atomic E-state index is 0.0567. The van der Waals surface area contributed by atoms with Gasteiger partial charge in [-0.2, -0.15) is 5.10 Å². The molecule has 0 unspecified atom stereocenters. The molecule has 6 nitrogen and oxygen atoms in total. The molecule has 1 aliphatic rings. The van der Waals surface area contributed by atoms with Gasteiger partial charge in [-0.15, -0.1) is 0 Å². The van der Waals surface area contributed by atoms with Crippen molar-refractivity contribution in [3.8, 4) is 11.3 Å². The zero-order valence-electron chi connectivity index (χ0n) is 16.0. The quantitative estimate of drug-likeness (QED) is 0.636. The Morgan fingerprint density at radius 1 is 1.21 bits per heavy atom. The first kappa shape index (κ1) is 18.7. The van der Waals surface area contributed by atoms with Gasteiger partial charge >= 0.3 is 0 Å². The smallest absolute Gasteiger partial charge is 0.251 e. The van der Waals surface area contributed by atoms with E-state index in [1.165, 1.54) is 0 Å². The number of nitrogens with zero attached hydrogens (tertiary/aromatic N) is 1. The summed E-state index contributed by atoms with van der Waals surface area (Å²) in [6.07, 6.45) is 1.52. The molecule has 0 spiro atoms. The van der Waals surface area contributed by atoms with Crippen molar-refractivity contribution in [2.45, 2.75) is 19.8 Å². The van der Waals surface area contributed by atoms with Crippen LogP contribution in [0.2, 0.25) is 0 Å². The van der Waals surface area contributed by atoms with Gasteiger partial charge in [0.1, 0.15) is 5.69 Å². The number of carbonyl (C=O) groups excluding carboxylic acids is 1. The Labute approximate surface area is 163 Å². The van der Waals surface area contributed by atoms with Crippen LogP contribution in [-0.2, 0) is 4.74 Å². The molecule has 2 heterocycles. The number of aliphatic hydroxyl groups excluding tert-OH is 1. The summed E-state index contributed by atoms with van der Waals surface area (Å²) in [7, 11) is 0. The van der Waals surface area contributed by atoms with Crippen LogP contribution in [0, 0.1) is 12.3 Å². The fourth-order valence-corrected chi connectivity index (χ4v) is 3.80. The summed E-state index contributed by atoms with van der Waals surface area (Å²) in [5.74, 6) is -0.131. The maximum atomic E-state index is 12.6. The van der Waals surface area contributed by atoms with Crippen LogP contribution in [0.15, 0.2) is 42.5 Å². The van der Waals surface area contributed by atoms with Crippen molar-refractivity contribution in [2.24, 2.45) is 5.41 Å².